The lowest BCUT2D eigenvalue weighted by Crippen LogP contribution is -2.04. The van der Waals surface area contributed by atoms with Gasteiger partial charge in [-0.15, -0.1) is 4.80 Å². The molecule has 0 aliphatic carbocycles. The molecule has 7 nitrogen and oxygen atoms in total. The quantitative estimate of drug-likeness (QED) is 0.586. The fourth-order valence-electron chi connectivity index (χ4n) is 1.19. The minimum absolute atomic E-state index is 0.0385. The first-order valence-corrected chi connectivity index (χ1v) is 5.16. The Morgan fingerprint density at radius 3 is 2.35 bits per heavy atom. The summed E-state index contributed by atoms with van der Waals surface area (Å²) in [5, 5.41) is 18.3. The van der Waals surface area contributed by atoms with Gasteiger partial charge in [-0.2, -0.15) is 10.2 Å². The number of nitro groups is 1. The van der Waals surface area contributed by atoms with Crippen LogP contribution in [-0.4, -0.2) is 24.9 Å². The summed E-state index contributed by atoms with van der Waals surface area (Å²) in [7, 11) is 0. The zero-order valence-electron chi connectivity index (χ0n) is 9.86. The van der Waals surface area contributed by atoms with Gasteiger partial charge < -0.3 is 0 Å². The van der Waals surface area contributed by atoms with Crippen molar-refractivity contribution >= 4 is 5.69 Å². The van der Waals surface area contributed by atoms with E-state index in [-0.39, 0.29) is 5.69 Å². The van der Waals surface area contributed by atoms with Crippen LogP contribution in [0.15, 0.2) is 24.7 Å². The van der Waals surface area contributed by atoms with Crippen molar-refractivity contribution in [2.75, 3.05) is 0 Å². The molecule has 2 rings (SSSR count). The molecule has 0 fully saturated rings. The van der Waals surface area contributed by atoms with Crippen molar-refractivity contribution in [2.24, 2.45) is 0 Å². The number of hydrogen-bond acceptors (Lipinski definition) is 5. The van der Waals surface area contributed by atoms with Crippen molar-refractivity contribution in [1.29, 1.82) is 0 Å². The van der Waals surface area contributed by atoms with Gasteiger partial charge in [0.1, 0.15) is 6.20 Å². The maximum atomic E-state index is 10.5. The van der Waals surface area contributed by atoms with Crippen LogP contribution in [0.3, 0.4) is 0 Å². The third kappa shape index (κ3) is 2.83. The van der Waals surface area contributed by atoms with Crippen LogP contribution in [0.4, 0.5) is 5.69 Å². The van der Waals surface area contributed by atoms with E-state index < -0.39 is 4.92 Å². The van der Waals surface area contributed by atoms with Crippen molar-refractivity contribution in [2.45, 2.75) is 20.8 Å². The maximum absolute atomic E-state index is 10.5. The highest BCUT2D eigenvalue weighted by atomic mass is 16.6. The van der Waals surface area contributed by atoms with Crippen LogP contribution in [0.1, 0.15) is 19.4 Å². The first-order valence-electron chi connectivity index (χ1n) is 5.16. The molecule has 0 amide bonds. The van der Waals surface area contributed by atoms with Crippen molar-refractivity contribution < 1.29 is 4.92 Å². The highest BCUT2D eigenvalue weighted by Crippen LogP contribution is 2.15. The van der Waals surface area contributed by atoms with E-state index in [1.165, 1.54) is 29.5 Å². The number of nitrogens with zero attached hydrogens (tertiary/aromatic N) is 5. The van der Waals surface area contributed by atoms with Gasteiger partial charge in [0.2, 0.25) is 0 Å². The molecule has 0 atom stereocenters. The van der Waals surface area contributed by atoms with E-state index in [4.69, 9.17) is 0 Å². The highest BCUT2D eigenvalue weighted by Gasteiger charge is 2.11. The molecular formula is C10H13N5O2. The summed E-state index contributed by atoms with van der Waals surface area (Å²) < 4.78 is 0. The zero-order chi connectivity index (χ0) is 12.8. The molecule has 0 radical (unpaired) electrons. The van der Waals surface area contributed by atoms with E-state index >= 15 is 0 Å². The van der Waals surface area contributed by atoms with Crippen LogP contribution in [0.5, 0.6) is 0 Å². The number of aromatic nitrogens is 4. The van der Waals surface area contributed by atoms with Crippen LogP contribution in [-0.2, 0) is 0 Å². The van der Waals surface area contributed by atoms with Gasteiger partial charge in [-0.25, -0.2) is 4.98 Å². The predicted molar refractivity (Wildman–Crippen MR) is 61.9 cm³/mol. The molecule has 0 unspecified atom stereocenters. The van der Waals surface area contributed by atoms with Crippen LogP contribution in [0.2, 0.25) is 0 Å². The number of rotatable bonds is 2. The summed E-state index contributed by atoms with van der Waals surface area (Å²) in [5.74, 6) is 0.491. The van der Waals surface area contributed by atoms with E-state index in [2.05, 4.69) is 15.2 Å². The van der Waals surface area contributed by atoms with E-state index in [0.717, 1.165) is 0 Å². The lowest BCUT2D eigenvalue weighted by atomic mass is 10.3. The average Bonchev–Trinajstić information content (AvgIpc) is 2.85. The molecule has 2 heterocycles. The Morgan fingerprint density at radius 1 is 1.29 bits per heavy atom. The van der Waals surface area contributed by atoms with Crippen LogP contribution < -0.4 is 0 Å². The summed E-state index contributed by atoms with van der Waals surface area (Å²) >= 11 is 0. The molecule has 0 spiro atoms. The molecule has 2 aromatic heterocycles. The van der Waals surface area contributed by atoms with Crippen LogP contribution in [0.25, 0.3) is 5.82 Å². The molecule has 7 heteroatoms. The fraction of sp³-hybridized carbons (Fsp3) is 0.300. The molecule has 0 aliphatic heterocycles. The molecule has 17 heavy (non-hydrogen) atoms. The Hall–Kier alpha value is -2.31. The third-order valence-electron chi connectivity index (χ3n) is 1.86. The standard InChI is InChI=1S/C8H7N5O2.C2H6/c1-6-4-7(13(14)15)5-9-8(6)12-10-2-3-11-12;1-2/h2-5H,1H3;1-2H3. The molecule has 0 saturated heterocycles. The van der Waals surface area contributed by atoms with Gasteiger partial charge in [0.15, 0.2) is 5.82 Å². The van der Waals surface area contributed by atoms with Crippen molar-refractivity contribution in [3.63, 3.8) is 0 Å². The number of hydrogen-bond donors (Lipinski definition) is 0. The van der Waals surface area contributed by atoms with E-state index in [9.17, 15) is 10.1 Å². The molecule has 0 N–H and O–H groups in total. The van der Waals surface area contributed by atoms with Crippen LogP contribution in [0, 0.1) is 17.0 Å². The topological polar surface area (TPSA) is 86.7 Å². The second kappa shape index (κ2) is 5.69. The van der Waals surface area contributed by atoms with Gasteiger partial charge in [-0.3, -0.25) is 10.1 Å². The first kappa shape index (κ1) is 12.8. The lowest BCUT2D eigenvalue weighted by molar-refractivity contribution is -0.385. The molecule has 90 valence electrons. The molecule has 0 bridgehead atoms. The molecule has 0 saturated carbocycles. The summed E-state index contributed by atoms with van der Waals surface area (Å²) in [6.07, 6.45) is 4.22. The summed E-state index contributed by atoms with van der Waals surface area (Å²) in [6, 6.07) is 1.44. The Morgan fingerprint density at radius 2 is 1.88 bits per heavy atom. The maximum Gasteiger partial charge on any atom is 0.287 e. The fourth-order valence-corrected chi connectivity index (χ4v) is 1.19. The SMILES string of the molecule is CC.Cc1cc([N+](=O)[O-])cnc1-n1nccn1. The predicted octanol–water partition coefficient (Wildman–Crippen LogP) is 1.91. The van der Waals surface area contributed by atoms with Gasteiger partial charge >= 0.3 is 0 Å². The van der Waals surface area contributed by atoms with Gasteiger partial charge in [-0.1, -0.05) is 13.8 Å². The Bertz CT molecular complexity index is 495. The summed E-state index contributed by atoms with van der Waals surface area (Å²) in [5.41, 5.74) is 0.615. The number of pyridine rings is 1. The zero-order valence-corrected chi connectivity index (χ0v) is 9.86. The summed E-state index contributed by atoms with van der Waals surface area (Å²) in [6.45, 7) is 5.72. The normalized spacial score (nSPS) is 9.35. The van der Waals surface area contributed by atoms with Crippen molar-refractivity contribution in [1.82, 2.24) is 20.0 Å². The van der Waals surface area contributed by atoms with Gasteiger partial charge in [0.05, 0.1) is 17.3 Å². The molecule has 2 aromatic rings. The lowest BCUT2D eigenvalue weighted by Gasteiger charge is -2.01. The average molecular weight is 235 g/mol. The van der Waals surface area contributed by atoms with Crippen molar-refractivity contribution in [3.05, 3.63) is 40.3 Å². The largest absolute Gasteiger partial charge is 0.287 e. The van der Waals surface area contributed by atoms with Crippen molar-refractivity contribution in [3.8, 4) is 5.82 Å². The molecule has 0 aromatic carbocycles. The van der Waals surface area contributed by atoms with E-state index in [1.54, 1.807) is 6.92 Å². The van der Waals surface area contributed by atoms with Gasteiger partial charge in [-0.05, 0) is 6.92 Å². The van der Waals surface area contributed by atoms with Gasteiger partial charge in [0, 0.05) is 11.6 Å². The monoisotopic (exact) mass is 235 g/mol. The minimum Gasteiger partial charge on any atom is -0.258 e. The number of aryl methyl sites for hydroxylation is 1. The molecular weight excluding hydrogens is 222 g/mol. The van der Waals surface area contributed by atoms with Gasteiger partial charge in [0.25, 0.3) is 5.69 Å². The second-order valence-electron chi connectivity index (χ2n) is 2.91. The minimum atomic E-state index is -0.486. The van der Waals surface area contributed by atoms with Crippen LogP contribution >= 0.6 is 0 Å². The summed E-state index contributed by atoms with van der Waals surface area (Å²) in [4.78, 5) is 15.2. The molecule has 0 aliphatic rings. The Balaban J connectivity index is 0.000000686. The third-order valence-corrected chi connectivity index (χ3v) is 1.86. The highest BCUT2D eigenvalue weighted by molar-refractivity contribution is 5.39. The smallest absolute Gasteiger partial charge is 0.258 e. The second-order valence-corrected chi connectivity index (χ2v) is 2.91. The van der Waals surface area contributed by atoms with E-state index in [1.807, 2.05) is 13.8 Å². The Kier molecular flexibility index (Phi) is 4.27. The Labute approximate surface area is 98.3 Å². The first-order chi connectivity index (χ1) is 8.18. The van der Waals surface area contributed by atoms with E-state index in [0.29, 0.717) is 11.4 Å².